The summed E-state index contributed by atoms with van der Waals surface area (Å²) in [7, 11) is 0. The molecule has 0 fully saturated rings. The molecule has 10 aromatic rings. The van der Waals surface area contributed by atoms with Crippen molar-refractivity contribution < 1.29 is 25.5 Å². The Balaban J connectivity index is 1.34. The van der Waals surface area contributed by atoms with Gasteiger partial charge in [-0.3, -0.25) is 0 Å². The first-order valence-electron chi connectivity index (χ1n) is 16.2. The van der Waals surface area contributed by atoms with E-state index in [1.165, 1.54) is 0 Å². The van der Waals surface area contributed by atoms with Crippen molar-refractivity contribution in [2.75, 3.05) is 0 Å². The summed E-state index contributed by atoms with van der Waals surface area (Å²) < 4.78 is 6.04. The number of phenols is 5. The van der Waals surface area contributed by atoms with Crippen LogP contribution in [0.2, 0.25) is 0 Å². The van der Waals surface area contributed by atoms with E-state index in [1.54, 1.807) is 4.57 Å². The Bertz CT molecular complexity index is 2750. The average Bonchev–Trinajstić information content (AvgIpc) is 3.79. The van der Waals surface area contributed by atoms with Crippen molar-refractivity contribution in [2.24, 2.45) is 0 Å². The summed E-state index contributed by atoms with van der Waals surface area (Å²) in [6.07, 6.45) is 0. The monoisotopic (exact) mass is 653 g/mol. The highest BCUT2D eigenvalue weighted by molar-refractivity contribution is 6.14. The lowest BCUT2D eigenvalue weighted by Gasteiger charge is -2.15. The fraction of sp³-hybridized carbons (Fsp3) is 0. The molecule has 8 heteroatoms. The zero-order chi connectivity index (χ0) is 33.8. The maximum Gasteiger partial charge on any atom is 0.208 e. The molecule has 0 atom stereocenters. The summed E-state index contributed by atoms with van der Waals surface area (Å²) in [5, 5.41) is 59.8. The fourth-order valence-electron chi connectivity index (χ4n) is 7.80. The van der Waals surface area contributed by atoms with E-state index in [4.69, 9.17) is 0 Å². The van der Waals surface area contributed by atoms with Gasteiger partial charge in [-0.25, -0.2) is 0 Å². The smallest absolute Gasteiger partial charge is 0.208 e. The summed E-state index contributed by atoms with van der Waals surface area (Å²) >= 11 is 0. The second-order valence-corrected chi connectivity index (χ2v) is 12.6. The van der Waals surface area contributed by atoms with Gasteiger partial charge < -0.3 is 39.2 Å². The first-order valence-corrected chi connectivity index (χ1v) is 16.2. The Kier molecular flexibility index (Phi) is 5.59. The molecule has 3 heterocycles. The van der Waals surface area contributed by atoms with Crippen molar-refractivity contribution in [3.63, 3.8) is 0 Å². The normalized spacial score (nSPS) is 12.0. The molecule has 0 saturated carbocycles. The lowest BCUT2D eigenvalue weighted by atomic mass is 10.1. The molecule has 0 saturated heterocycles. The Hall–Kier alpha value is -7.06. The molecular formula is C42H27N3O5. The molecule has 5 N–H and O–H groups in total. The standard InChI is InChI=1S/C42H27N3O5/c46-38-37(39(47)41(49)42(50)40(38)48)45-35-19-17-23(43-31-13-5-1-9-25(31)26-10-2-6-14-32(26)43)21-29(35)30-22-24(18-20-36(30)45)44-33-15-7-3-11-27(33)28-12-4-8-16-34(28)44/h1-22,46-50H. The third kappa shape index (κ3) is 3.59. The van der Waals surface area contributed by atoms with Crippen LogP contribution in [0.4, 0.5) is 0 Å². The quantitative estimate of drug-likeness (QED) is 0.0962. The number of aromatic nitrogens is 3. The molecule has 0 aliphatic rings. The largest absolute Gasteiger partial charge is 0.503 e. The summed E-state index contributed by atoms with van der Waals surface area (Å²) in [4.78, 5) is 0. The highest BCUT2D eigenvalue weighted by Crippen LogP contribution is 2.54. The molecule has 0 bridgehead atoms. The Morgan fingerprint density at radius 3 is 0.940 bits per heavy atom. The summed E-state index contributed by atoms with van der Waals surface area (Å²) in [6.45, 7) is 0. The van der Waals surface area contributed by atoms with Crippen LogP contribution < -0.4 is 0 Å². The van der Waals surface area contributed by atoms with Crippen molar-refractivity contribution in [2.45, 2.75) is 0 Å². The number of aromatic hydroxyl groups is 5. The first kappa shape index (κ1) is 28.0. The van der Waals surface area contributed by atoms with Gasteiger partial charge in [-0.15, -0.1) is 0 Å². The molecule has 3 aromatic heterocycles. The third-order valence-electron chi connectivity index (χ3n) is 9.98. The molecule has 0 spiro atoms. The van der Waals surface area contributed by atoms with Gasteiger partial charge >= 0.3 is 0 Å². The van der Waals surface area contributed by atoms with Gasteiger partial charge in [-0.05, 0) is 60.7 Å². The minimum absolute atomic E-state index is 0.257. The minimum Gasteiger partial charge on any atom is -0.503 e. The maximum absolute atomic E-state index is 11.1. The topological polar surface area (TPSA) is 116 Å². The summed E-state index contributed by atoms with van der Waals surface area (Å²) in [5.74, 6) is -4.42. The van der Waals surface area contributed by atoms with Crippen LogP contribution in [0.15, 0.2) is 133 Å². The molecular weight excluding hydrogens is 626 g/mol. The van der Waals surface area contributed by atoms with Gasteiger partial charge in [-0.2, -0.15) is 0 Å². The van der Waals surface area contributed by atoms with E-state index < -0.39 is 28.7 Å². The molecule has 0 unspecified atom stereocenters. The van der Waals surface area contributed by atoms with Gasteiger partial charge in [0.1, 0.15) is 5.69 Å². The number of nitrogens with zero attached hydrogens (tertiary/aromatic N) is 3. The molecule has 7 aromatic carbocycles. The Morgan fingerprint density at radius 1 is 0.280 bits per heavy atom. The van der Waals surface area contributed by atoms with Crippen molar-refractivity contribution in [1.29, 1.82) is 0 Å². The van der Waals surface area contributed by atoms with Crippen molar-refractivity contribution in [3.05, 3.63) is 133 Å². The van der Waals surface area contributed by atoms with Crippen molar-refractivity contribution >= 4 is 65.4 Å². The second-order valence-electron chi connectivity index (χ2n) is 12.6. The Morgan fingerprint density at radius 2 is 0.580 bits per heavy atom. The van der Waals surface area contributed by atoms with Crippen molar-refractivity contribution in [1.82, 2.24) is 13.7 Å². The van der Waals surface area contributed by atoms with E-state index in [0.29, 0.717) is 11.0 Å². The number of rotatable bonds is 3. The third-order valence-corrected chi connectivity index (χ3v) is 9.98. The molecule has 8 nitrogen and oxygen atoms in total. The van der Waals surface area contributed by atoms with E-state index >= 15 is 0 Å². The van der Waals surface area contributed by atoms with E-state index in [-0.39, 0.29) is 5.69 Å². The van der Waals surface area contributed by atoms with Gasteiger partial charge in [-0.1, -0.05) is 72.8 Å². The predicted octanol–water partition coefficient (Wildman–Crippen LogP) is 9.51. The van der Waals surface area contributed by atoms with Gasteiger partial charge in [0.15, 0.2) is 11.5 Å². The first-order chi connectivity index (χ1) is 24.4. The van der Waals surface area contributed by atoms with E-state index in [9.17, 15) is 25.5 Å². The summed E-state index contributed by atoms with van der Waals surface area (Å²) in [6, 6.07) is 45.0. The van der Waals surface area contributed by atoms with Crippen LogP contribution >= 0.6 is 0 Å². The number of fused-ring (bicyclic) bond motifs is 9. The van der Waals surface area contributed by atoms with Crippen LogP contribution in [0.3, 0.4) is 0 Å². The fourth-order valence-corrected chi connectivity index (χ4v) is 7.80. The molecule has 0 radical (unpaired) electrons. The van der Waals surface area contributed by atoms with Gasteiger partial charge in [0.2, 0.25) is 17.2 Å². The number of phenolic OH excluding ortho intramolecular Hbond substituents is 5. The second kappa shape index (κ2) is 9.98. The van der Waals surface area contributed by atoms with Crippen LogP contribution in [-0.4, -0.2) is 39.2 Å². The van der Waals surface area contributed by atoms with Crippen LogP contribution in [0.1, 0.15) is 0 Å². The van der Waals surface area contributed by atoms with E-state index in [0.717, 1.165) is 65.8 Å². The lowest BCUT2D eigenvalue weighted by Crippen LogP contribution is -1.98. The Labute approximate surface area is 283 Å². The van der Waals surface area contributed by atoms with Gasteiger partial charge in [0, 0.05) is 43.7 Å². The van der Waals surface area contributed by atoms with Crippen molar-refractivity contribution in [3.8, 4) is 45.8 Å². The SMILES string of the molecule is Oc1c(O)c(O)c(-n2c3ccc(-n4c5ccccc5c5ccccc54)cc3c3cc(-n4c5ccccc5c5ccccc54)ccc32)c(O)c1O. The highest BCUT2D eigenvalue weighted by atomic mass is 16.4. The molecule has 0 amide bonds. The summed E-state index contributed by atoms with van der Waals surface area (Å²) in [5.41, 5.74) is 6.93. The van der Waals surface area contributed by atoms with Crippen LogP contribution in [0.5, 0.6) is 28.7 Å². The van der Waals surface area contributed by atoms with Crippen LogP contribution in [0.25, 0.3) is 82.5 Å². The molecule has 0 aliphatic heterocycles. The van der Waals surface area contributed by atoms with Crippen LogP contribution in [-0.2, 0) is 0 Å². The molecule has 10 rings (SSSR count). The molecule has 0 aliphatic carbocycles. The van der Waals surface area contributed by atoms with Gasteiger partial charge in [0.05, 0.1) is 33.1 Å². The van der Waals surface area contributed by atoms with Gasteiger partial charge in [0.25, 0.3) is 0 Å². The number of hydrogen-bond acceptors (Lipinski definition) is 5. The van der Waals surface area contributed by atoms with E-state index in [2.05, 4.69) is 69.8 Å². The number of para-hydroxylation sites is 4. The average molecular weight is 654 g/mol. The maximum atomic E-state index is 11.1. The number of benzene rings is 7. The number of hydrogen-bond donors (Lipinski definition) is 5. The molecule has 240 valence electrons. The predicted molar refractivity (Wildman–Crippen MR) is 198 cm³/mol. The zero-order valence-electron chi connectivity index (χ0n) is 26.3. The molecule has 50 heavy (non-hydrogen) atoms. The zero-order valence-corrected chi connectivity index (χ0v) is 26.3. The lowest BCUT2D eigenvalue weighted by molar-refractivity contribution is 0.327. The van der Waals surface area contributed by atoms with E-state index in [1.807, 2.05) is 72.8 Å². The van der Waals surface area contributed by atoms with Crippen LogP contribution in [0, 0.1) is 0 Å². The highest BCUT2D eigenvalue weighted by Gasteiger charge is 2.28. The minimum atomic E-state index is -1.01.